The number of rotatable bonds is 4. The van der Waals surface area contributed by atoms with Crippen molar-refractivity contribution in [2.45, 2.75) is 10.9 Å². The van der Waals surface area contributed by atoms with Gasteiger partial charge >= 0.3 is 11.7 Å². The van der Waals surface area contributed by atoms with Gasteiger partial charge in [-0.3, -0.25) is 4.57 Å². The largest absolute Gasteiger partial charge is 0.477 e. The highest BCUT2D eigenvalue weighted by Crippen LogP contribution is 2.34. The number of hydrogen-bond donors (Lipinski definition) is 2. The number of thiophene rings is 1. The van der Waals surface area contributed by atoms with Crippen LogP contribution in [0, 0.1) is 0 Å². The van der Waals surface area contributed by atoms with Crippen LogP contribution in [0.15, 0.2) is 34.2 Å². The number of carboxylic acids is 1. The van der Waals surface area contributed by atoms with Crippen LogP contribution in [0.1, 0.15) is 15.2 Å². The molecule has 0 bridgehead atoms. The quantitative estimate of drug-likeness (QED) is 0.720. The maximum atomic E-state index is 11.4. The third-order valence-electron chi connectivity index (χ3n) is 3.08. The Hall–Kier alpha value is -2.06. The molecule has 6 nitrogen and oxygen atoms in total. The van der Waals surface area contributed by atoms with Crippen molar-refractivity contribution in [3.63, 3.8) is 0 Å². The van der Waals surface area contributed by atoms with Crippen molar-refractivity contribution in [1.29, 1.82) is 0 Å². The Morgan fingerprint density at radius 1 is 1.48 bits per heavy atom. The molecule has 0 aliphatic carbocycles. The van der Waals surface area contributed by atoms with Crippen molar-refractivity contribution >= 4 is 39.2 Å². The number of fused-ring (bicyclic) bond motifs is 1. The highest BCUT2D eigenvalue weighted by molar-refractivity contribution is 7.98. The molecule has 2 N–H and O–H groups in total. The number of aromatic amines is 1. The topological polar surface area (TPSA) is 88.0 Å². The van der Waals surface area contributed by atoms with E-state index in [1.165, 1.54) is 27.7 Å². The zero-order valence-electron chi connectivity index (χ0n) is 11.0. The van der Waals surface area contributed by atoms with Gasteiger partial charge in [0.15, 0.2) is 5.16 Å². The van der Waals surface area contributed by atoms with Gasteiger partial charge in [-0.25, -0.2) is 14.7 Å². The summed E-state index contributed by atoms with van der Waals surface area (Å²) in [7, 11) is 1.62. The summed E-state index contributed by atoms with van der Waals surface area (Å²) in [5, 5.41) is 17.1. The second-order valence-electron chi connectivity index (χ2n) is 4.37. The first-order chi connectivity index (χ1) is 10.1. The molecular formula is C13H11N3O3S2. The molecule has 0 saturated carbocycles. The van der Waals surface area contributed by atoms with Crippen LogP contribution in [0.5, 0.6) is 0 Å². The van der Waals surface area contributed by atoms with Gasteiger partial charge in [-0.15, -0.1) is 16.4 Å². The highest BCUT2D eigenvalue weighted by Gasteiger charge is 2.18. The monoisotopic (exact) mass is 321 g/mol. The van der Waals surface area contributed by atoms with Gasteiger partial charge in [0.2, 0.25) is 0 Å². The molecule has 0 unspecified atom stereocenters. The van der Waals surface area contributed by atoms with Gasteiger partial charge in [0.05, 0.1) is 0 Å². The minimum absolute atomic E-state index is 0.286. The predicted octanol–water partition coefficient (Wildman–Crippen LogP) is 2.31. The van der Waals surface area contributed by atoms with Gasteiger partial charge in [0, 0.05) is 17.5 Å². The van der Waals surface area contributed by atoms with Crippen LogP contribution in [0.3, 0.4) is 0 Å². The van der Waals surface area contributed by atoms with Crippen molar-refractivity contribution < 1.29 is 9.90 Å². The summed E-state index contributed by atoms with van der Waals surface area (Å²) in [5.41, 5.74) is 0.481. The molecule has 0 amide bonds. The lowest BCUT2D eigenvalue weighted by molar-refractivity contribution is 0.0701. The summed E-state index contributed by atoms with van der Waals surface area (Å²) in [4.78, 5) is 23.1. The molecule has 3 rings (SSSR count). The van der Waals surface area contributed by atoms with Gasteiger partial charge < -0.3 is 5.11 Å². The van der Waals surface area contributed by atoms with Gasteiger partial charge in [0.1, 0.15) is 4.88 Å². The Morgan fingerprint density at radius 2 is 2.24 bits per heavy atom. The number of aromatic nitrogens is 3. The summed E-state index contributed by atoms with van der Waals surface area (Å²) in [6.45, 7) is 0. The Balaban J connectivity index is 1.99. The zero-order valence-corrected chi connectivity index (χ0v) is 12.6. The number of H-pyrrole nitrogens is 1. The van der Waals surface area contributed by atoms with E-state index in [-0.39, 0.29) is 5.69 Å². The first-order valence-electron chi connectivity index (χ1n) is 6.06. The number of benzene rings is 1. The molecule has 0 atom stereocenters. The number of carboxylic acid groups (broad SMARTS) is 1. The van der Waals surface area contributed by atoms with Crippen LogP contribution < -0.4 is 5.69 Å². The van der Waals surface area contributed by atoms with Crippen molar-refractivity contribution in [3.05, 3.63) is 45.2 Å². The molecule has 0 aliphatic heterocycles. The minimum atomic E-state index is -0.928. The Labute approximate surface area is 127 Å². The van der Waals surface area contributed by atoms with E-state index >= 15 is 0 Å². The second-order valence-corrected chi connectivity index (χ2v) is 6.36. The van der Waals surface area contributed by atoms with E-state index in [4.69, 9.17) is 0 Å². The number of thioether (sulfide) groups is 1. The Kier molecular flexibility index (Phi) is 3.56. The normalized spacial score (nSPS) is 11.1. The van der Waals surface area contributed by atoms with Crippen LogP contribution in [0.25, 0.3) is 10.1 Å². The van der Waals surface area contributed by atoms with Gasteiger partial charge in [-0.2, -0.15) is 0 Å². The summed E-state index contributed by atoms with van der Waals surface area (Å²) in [5.74, 6) is -0.480. The summed E-state index contributed by atoms with van der Waals surface area (Å²) >= 11 is 2.60. The van der Waals surface area contributed by atoms with Crippen molar-refractivity contribution in [3.8, 4) is 0 Å². The van der Waals surface area contributed by atoms with Gasteiger partial charge in [-0.05, 0) is 17.0 Å². The SMILES string of the molecule is Cn1c(SCc2c(C(=O)O)sc3ccccc23)n[nH]c1=O. The minimum Gasteiger partial charge on any atom is -0.477 e. The molecule has 0 aliphatic rings. The molecule has 2 heterocycles. The number of nitrogens with one attached hydrogen (secondary N) is 1. The molecule has 8 heteroatoms. The summed E-state index contributed by atoms with van der Waals surface area (Å²) in [6.07, 6.45) is 0. The van der Waals surface area contributed by atoms with E-state index in [0.29, 0.717) is 15.8 Å². The molecule has 0 fully saturated rings. The fourth-order valence-corrected chi connectivity index (χ4v) is 4.12. The summed E-state index contributed by atoms with van der Waals surface area (Å²) < 4.78 is 2.35. The average molecular weight is 321 g/mol. The number of aromatic carboxylic acids is 1. The van der Waals surface area contributed by atoms with Crippen molar-refractivity contribution in [2.75, 3.05) is 0 Å². The van der Waals surface area contributed by atoms with E-state index in [0.717, 1.165) is 15.6 Å². The fourth-order valence-electron chi connectivity index (χ4n) is 2.01. The number of hydrogen-bond acceptors (Lipinski definition) is 5. The van der Waals surface area contributed by atoms with Crippen LogP contribution in [0.4, 0.5) is 0 Å². The molecule has 0 radical (unpaired) electrons. The van der Waals surface area contributed by atoms with Crippen LogP contribution >= 0.6 is 23.1 Å². The second kappa shape index (κ2) is 5.38. The number of nitrogens with zero attached hydrogens (tertiary/aromatic N) is 2. The first kappa shape index (κ1) is 13.9. The lowest BCUT2D eigenvalue weighted by atomic mass is 10.1. The van der Waals surface area contributed by atoms with Crippen LogP contribution in [0.2, 0.25) is 0 Å². The van der Waals surface area contributed by atoms with Crippen molar-refractivity contribution in [1.82, 2.24) is 14.8 Å². The molecule has 108 valence electrons. The zero-order chi connectivity index (χ0) is 15.0. The van der Waals surface area contributed by atoms with Gasteiger partial charge in [-0.1, -0.05) is 30.0 Å². The maximum Gasteiger partial charge on any atom is 0.346 e. The predicted molar refractivity (Wildman–Crippen MR) is 82.2 cm³/mol. The van der Waals surface area contributed by atoms with Crippen LogP contribution in [-0.4, -0.2) is 25.8 Å². The molecule has 0 spiro atoms. The van der Waals surface area contributed by atoms with Crippen LogP contribution in [-0.2, 0) is 12.8 Å². The lowest BCUT2D eigenvalue weighted by Gasteiger charge is -2.01. The molecule has 1 aromatic carbocycles. The van der Waals surface area contributed by atoms with E-state index in [9.17, 15) is 14.7 Å². The van der Waals surface area contributed by atoms with E-state index < -0.39 is 5.97 Å². The maximum absolute atomic E-state index is 11.4. The molecule has 0 saturated heterocycles. The standard InChI is InChI=1S/C13H11N3O3S2/c1-16-12(19)14-15-13(16)20-6-8-7-4-2-3-5-9(7)21-10(8)11(17)18/h2-5H,6H2,1H3,(H,14,19)(H,17,18). The molecular weight excluding hydrogens is 310 g/mol. The first-order valence-corrected chi connectivity index (χ1v) is 7.86. The van der Waals surface area contributed by atoms with E-state index in [2.05, 4.69) is 10.2 Å². The fraction of sp³-hybridized carbons (Fsp3) is 0.154. The average Bonchev–Trinajstić information content (AvgIpc) is 2.99. The third-order valence-corrected chi connectivity index (χ3v) is 5.33. The van der Waals surface area contributed by atoms with E-state index in [1.807, 2.05) is 24.3 Å². The Bertz CT molecular complexity index is 878. The van der Waals surface area contributed by atoms with E-state index in [1.54, 1.807) is 7.05 Å². The van der Waals surface area contributed by atoms with Crippen molar-refractivity contribution in [2.24, 2.45) is 7.05 Å². The molecule has 2 aromatic heterocycles. The lowest BCUT2D eigenvalue weighted by Crippen LogP contribution is -2.12. The third kappa shape index (κ3) is 2.47. The molecule has 3 aromatic rings. The Morgan fingerprint density at radius 3 is 2.90 bits per heavy atom. The van der Waals surface area contributed by atoms with Gasteiger partial charge in [0.25, 0.3) is 0 Å². The summed E-state index contributed by atoms with van der Waals surface area (Å²) in [6, 6.07) is 7.60. The molecule has 21 heavy (non-hydrogen) atoms. The smallest absolute Gasteiger partial charge is 0.346 e. The number of carbonyl (C=O) groups is 1. The highest BCUT2D eigenvalue weighted by atomic mass is 32.2.